The van der Waals surface area contributed by atoms with Crippen LogP contribution in [0.3, 0.4) is 0 Å². The van der Waals surface area contributed by atoms with Crippen molar-refractivity contribution in [1.82, 2.24) is 10.3 Å². The fourth-order valence-electron chi connectivity index (χ4n) is 2.07. The van der Waals surface area contributed by atoms with Crippen LogP contribution in [0.2, 0.25) is 0 Å². The molecule has 0 radical (unpaired) electrons. The van der Waals surface area contributed by atoms with Crippen LogP contribution >= 0.6 is 19.6 Å². The van der Waals surface area contributed by atoms with Gasteiger partial charge in [0.05, 0.1) is 29.4 Å². The first-order valence-electron chi connectivity index (χ1n) is 6.70. The number of rotatable bonds is 5. The van der Waals surface area contributed by atoms with Gasteiger partial charge in [-0.15, -0.1) is 11.8 Å². The summed E-state index contributed by atoms with van der Waals surface area (Å²) in [7, 11) is -4.81. The van der Waals surface area contributed by atoms with Crippen molar-refractivity contribution >= 4 is 25.6 Å². The fraction of sp³-hybridized carbons (Fsp3) is 0.500. The molecule has 1 aromatic rings. The van der Waals surface area contributed by atoms with E-state index in [1.807, 2.05) is 0 Å². The summed E-state index contributed by atoms with van der Waals surface area (Å²) in [5.74, 6) is -0.522. The minimum absolute atomic E-state index is 0.137. The molecule has 2 rings (SSSR count). The Balaban J connectivity index is 2.30. The number of esters is 1. The fourth-order valence-corrected chi connectivity index (χ4v) is 3.74. The maximum absolute atomic E-state index is 11.8. The van der Waals surface area contributed by atoms with Crippen LogP contribution in [0.25, 0.3) is 0 Å². The van der Waals surface area contributed by atoms with Crippen LogP contribution in [0.4, 0.5) is 0 Å². The van der Waals surface area contributed by atoms with Crippen molar-refractivity contribution in [3.8, 4) is 11.5 Å². The molecule has 2 atom stereocenters. The van der Waals surface area contributed by atoms with E-state index in [-0.39, 0.29) is 29.4 Å². The number of phosphoric acid groups is 1. The number of carbonyl (C=O) groups is 1. The average molecular weight is 364 g/mol. The lowest BCUT2D eigenvalue weighted by Crippen LogP contribution is -2.35. The Hall–Kier alpha value is -1.32. The number of nitrogens with zero attached hydrogens (tertiary/aromatic N) is 1. The zero-order valence-corrected chi connectivity index (χ0v) is 14.1. The van der Waals surface area contributed by atoms with Crippen molar-refractivity contribution in [3.63, 3.8) is 0 Å². The second-order valence-electron chi connectivity index (χ2n) is 4.74. The molecule has 4 N–H and O–H groups in total. The Morgan fingerprint density at radius 1 is 1.57 bits per heavy atom. The van der Waals surface area contributed by atoms with E-state index >= 15 is 0 Å². The van der Waals surface area contributed by atoms with Gasteiger partial charge >= 0.3 is 13.8 Å². The molecule has 11 heteroatoms. The third kappa shape index (κ3) is 4.36. The molecule has 128 valence electrons. The van der Waals surface area contributed by atoms with Crippen LogP contribution in [0.1, 0.15) is 23.6 Å². The number of carbonyl (C=O) groups excluding carboxylic acids is 1. The Bertz CT molecular complexity index is 651. The van der Waals surface area contributed by atoms with Crippen molar-refractivity contribution in [2.45, 2.75) is 25.3 Å². The lowest BCUT2D eigenvalue weighted by atomic mass is 10.1. The maximum Gasteiger partial charge on any atom is 0.524 e. The number of aromatic hydroxyl groups is 1. The highest BCUT2D eigenvalue weighted by Gasteiger charge is 2.36. The van der Waals surface area contributed by atoms with Crippen LogP contribution < -0.4 is 9.84 Å². The normalized spacial score (nSPS) is 21.2. The second-order valence-corrected chi connectivity index (χ2v) is 7.04. The topological polar surface area (TPSA) is 138 Å². The van der Waals surface area contributed by atoms with Crippen LogP contribution in [0.15, 0.2) is 6.20 Å². The number of hydrogen-bond donors (Lipinski definition) is 4. The molecule has 9 nitrogen and oxygen atoms in total. The zero-order chi connectivity index (χ0) is 17.2. The first-order chi connectivity index (χ1) is 10.7. The number of hydrogen-bond acceptors (Lipinski definition) is 8. The van der Waals surface area contributed by atoms with E-state index in [1.165, 1.54) is 11.8 Å². The molecule has 1 fully saturated rings. The van der Waals surface area contributed by atoms with Gasteiger partial charge < -0.3 is 14.4 Å². The predicted octanol–water partition coefficient (Wildman–Crippen LogP) is 0.834. The monoisotopic (exact) mass is 364 g/mol. The Labute approximate surface area is 136 Å². The van der Waals surface area contributed by atoms with Crippen LogP contribution in [-0.4, -0.2) is 44.2 Å². The number of phosphoric ester groups is 1. The summed E-state index contributed by atoms with van der Waals surface area (Å²) in [5.41, 5.74) is 0.415. The number of nitrogens with one attached hydrogen (secondary N) is 1. The molecule has 1 aromatic heterocycles. The standard InChI is InChI=1S/C12H17N2O7PS/c1-3-20-12(16)7-5-23-11(14-7)9-8(21-22(17,18)19)4-13-6(2)10(9)15/h4,7,11,14-15H,3,5H2,1-2H3,(H2,17,18,19)/t7-,11?/m1/s1. The molecule has 1 aliphatic rings. The second kappa shape index (κ2) is 7.06. The van der Waals surface area contributed by atoms with Crippen molar-refractivity contribution < 1.29 is 33.5 Å². The van der Waals surface area contributed by atoms with Gasteiger partial charge in [-0.25, -0.2) is 4.57 Å². The molecule has 0 aromatic carbocycles. The first-order valence-corrected chi connectivity index (χ1v) is 9.28. The van der Waals surface area contributed by atoms with E-state index in [9.17, 15) is 14.5 Å². The van der Waals surface area contributed by atoms with Crippen LogP contribution in [0.5, 0.6) is 11.5 Å². The largest absolute Gasteiger partial charge is 0.524 e. The smallest absolute Gasteiger partial charge is 0.506 e. The number of ether oxygens (including phenoxy) is 1. The summed E-state index contributed by atoms with van der Waals surface area (Å²) < 4.78 is 20.6. The minimum atomic E-state index is -4.81. The highest BCUT2D eigenvalue weighted by Crippen LogP contribution is 2.47. The third-order valence-electron chi connectivity index (χ3n) is 3.07. The summed E-state index contributed by atoms with van der Waals surface area (Å²) in [6.45, 7) is 3.49. The Morgan fingerprint density at radius 3 is 2.87 bits per heavy atom. The average Bonchev–Trinajstić information content (AvgIpc) is 2.91. The third-order valence-corrected chi connectivity index (χ3v) is 4.74. The molecular weight excluding hydrogens is 347 g/mol. The lowest BCUT2D eigenvalue weighted by molar-refractivity contribution is -0.144. The van der Waals surface area contributed by atoms with E-state index in [0.717, 1.165) is 6.20 Å². The molecular formula is C12H17N2O7PS. The minimum Gasteiger partial charge on any atom is -0.506 e. The molecule has 1 aliphatic heterocycles. The number of aryl methyl sites for hydroxylation is 1. The van der Waals surface area contributed by atoms with Crippen LogP contribution in [-0.2, 0) is 14.1 Å². The van der Waals surface area contributed by atoms with Gasteiger partial charge in [0.15, 0.2) is 5.75 Å². The molecule has 0 bridgehead atoms. The molecule has 1 saturated heterocycles. The number of pyridine rings is 1. The van der Waals surface area contributed by atoms with Crippen molar-refractivity contribution in [1.29, 1.82) is 0 Å². The number of thioether (sulfide) groups is 1. The van der Waals surface area contributed by atoms with E-state index in [4.69, 9.17) is 14.5 Å². The summed E-state index contributed by atoms with van der Waals surface area (Å²) in [4.78, 5) is 33.6. The van der Waals surface area contributed by atoms with E-state index in [0.29, 0.717) is 5.75 Å². The Morgan fingerprint density at radius 2 is 2.26 bits per heavy atom. The first kappa shape index (κ1) is 18.0. The van der Waals surface area contributed by atoms with Gasteiger partial charge in [0.25, 0.3) is 0 Å². The highest BCUT2D eigenvalue weighted by molar-refractivity contribution is 7.99. The summed E-state index contributed by atoms with van der Waals surface area (Å²) in [5, 5.41) is 12.6. The Kier molecular flexibility index (Phi) is 5.53. The SMILES string of the molecule is CCOC(=O)[C@H]1CSC(c2c(OP(=O)(O)O)cnc(C)c2O)N1. The molecule has 0 aliphatic carbocycles. The van der Waals surface area contributed by atoms with Gasteiger partial charge in [-0.05, 0) is 13.8 Å². The zero-order valence-electron chi connectivity index (χ0n) is 12.4. The van der Waals surface area contributed by atoms with Gasteiger partial charge in [0.1, 0.15) is 11.8 Å². The van der Waals surface area contributed by atoms with E-state index in [2.05, 4.69) is 14.8 Å². The van der Waals surface area contributed by atoms with E-state index in [1.54, 1.807) is 13.8 Å². The quantitative estimate of drug-likeness (QED) is 0.439. The molecule has 2 heterocycles. The van der Waals surface area contributed by atoms with Gasteiger partial charge in [-0.3, -0.25) is 24.9 Å². The number of aromatic nitrogens is 1. The van der Waals surface area contributed by atoms with Gasteiger partial charge in [0, 0.05) is 5.75 Å². The molecule has 0 saturated carbocycles. The van der Waals surface area contributed by atoms with Crippen molar-refractivity contribution in [2.75, 3.05) is 12.4 Å². The predicted molar refractivity (Wildman–Crippen MR) is 82.1 cm³/mol. The molecule has 0 spiro atoms. The summed E-state index contributed by atoms with van der Waals surface area (Å²) in [6.07, 6.45) is 1.13. The van der Waals surface area contributed by atoms with Gasteiger partial charge in [0.2, 0.25) is 0 Å². The highest BCUT2D eigenvalue weighted by atomic mass is 32.2. The molecule has 23 heavy (non-hydrogen) atoms. The van der Waals surface area contributed by atoms with Crippen molar-refractivity contribution in [3.05, 3.63) is 17.5 Å². The summed E-state index contributed by atoms with van der Waals surface area (Å²) in [6, 6.07) is -0.583. The summed E-state index contributed by atoms with van der Waals surface area (Å²) >= 11 is 1.29. The van der Waals surface area contributed by atoms with Crippen LogP contribution in [0, 0.1) is 6.92 Å². The van der Waals surface area contributed by atoms with Gasteiger partial charge in [-0.1, -0.05) is 0 Å². The lowest BCUT2D eigenvalue weighted by Gasteiger charge is -2.19. The molecule has 1 unspecified atom stereocenters. The van der Waals surface area contributed by atoms with Gasteiger partial charge in [-0.2, -0.15) is 0 Å². The maximum atomic E-state index is 11.8. The molecule has 0 amide bonds. The van der Waals surface area contributed by atoms with E-state index < -0.39 is 25.2 Å². The van der Waals surface area contributed by atoms with Crippen molar-refractivity contribution in [2.24, 2.45) is 0 Å².